The number of thiocarbonyl (C=S) groups is 1. The highest BCUT2D eigenvalue weighted by molar-refractivity contribution is 7.80. The molecule has 0 spiro atoms. The van der Waals surface area contributed by atoms with Crippen LogP contribution in [-0.2, 0) is 0 Å². The maximum absolute atomic E-state index is 12.4. The molecule has 0 atom stereocenters. The predicted octanol–water partition coefficient (Wildman–Crippen LogP) is 2.82. The Morgan fingerprint density at radius 1 is 1.00 bits per heavy atom. The molecule has 134 valence electrons. The fraction of sp³-hybridized carbons (Fsp3) is 0.111. The maximum atomic E-state index is 12.4. The van der Waals surface area contributed by atoms with E-state index in [0.717, 1.165) is 22.3 Å². The number of hydrogen-bond acceptors (Lipinski definition) is 4. The van der Waals surface area contributed by atoms with Crippen molar-refractivity contribution in [1.82, 2.24) is 15.8 Å². The van der Waals surface area contributed by atoms with E-state index in [4.69, 9.17) is 21.7 Å². The lowest BCUT2D eigenvalue weighted by molar-refractivity contribution is 0.0946. The van der Waals surface area contributed by atoms with E-state index in [2.05, 4.69) is 21.2 Å². The number of methoxy groups -OCH3 is 2. The van der Waals surface area contributed by atoms with E-state index in [0.29, 0.717) is 11.3 Å². The van der Waals surface area contributed by atoms with Crippen molar-refractivity contribution < 1.29 is 14.3 Å². The molecule has 0 radical (unpaired) electrons. The highest BCUT2D eigenvalue weighted by Gasteiger charge is 2.12. The lowest BCUT2D eigenvalue weighted by Gasteiger charge is -2.11. The van der Waals surface area contributed by atoms with Gasteiger partial charge in [0.1, 0.15) is 11.5 Å². The second kappa shape index (κ2) is 7.75. The zero-order valence-corrected chi connectivity index (χ0v) is 15.1. The third kappa shape index (κ3) is 3.86. The maximum Gasteiger partial charge on any atom is 0.271 e. The Hall–Kier alpha value is -3.26. The summed E-state index contributed by atoms with van der Waals surface area (Å²) in [6.07, 6.45) is 1.64. The number of aromatic amines is 1. The third-order valence-corrected chi connectivity index (χ3v) is 3.98. The van der Waals surface area contributed by atoms with Crippen molar-refractivity contribution in [2.75, 3.05) is 19.5 Å². The zero-order chi connectivity index (χ0) is 18.5. The number of nitrogens with one attached hydrogen (secondary N) is 4. The Morgan fingerprint density at radius 2 is 1.69 bits per heavy atom. The highest BCUT2D eigenvalue weighted by atomic mass is 32.1. The fourth-order valence-electron chi connectivity index (χ4n) is 2.44. The SMILES string of the molecule is COc1ccc(NC(=S)NNC(=O)c2c[nH]c3cc(OC)ccc23)cc1. The molecule has 0 bridgehead atoms. The molecule has 26 heavy (non-hydrogen) atoms. The van der Waals surface area contributed by atoms with Crippen LogP contribution in [0.5, 0.6) is 11.5 Å². The minimum absolute atomic E-state index is 0.269. The molecule has 2 aromatic carbocycles. The van der Waals surface area contributed by atoms with Crippen LogP contribution in [0.3, 0.4) is 0 Å². The van der Waals surface area contributed by atoms with Crippen molar-refractivity contribution in [2.24, 2.45) is 0 Å². The second-order valence-corrected chi connectivity index (χ2v) is 5.78. The Labute approximate surface area is 155 Å². The van der Waals surface area contributed by atoms with Gasteiger partial charge in [-0.05, 0) is 48.6 Å². The summed E-state index contributed by atoms with van der Waals surface area (Å²) in [6.45, 7) is 0. The van der Waals surface area contributed by atoms with Crippen molar-refractivity contribution in [3.05, 3.63) is 54.2 Å². The van der Waals surface area contributed by atoms with Gasteiger partial charge in [-0.15, -0.1) is 0 Å². The molecular formula is C18H18N4O3S. The summed E-state index contributed by atoms with van der Waals surface area (Å²) in [4.78, 5) is 15.4. The number of fused-ring (bicyclic) bond motifs is 1. The molecular weight excluding hydrogens is 352 g/mol. The molecule has 0 aliphatic carbocycles. The quantitative estimate of drug-likeness (QED) is 0.417. The molecule has 1 amide bonds. The lowest BCUT2D eigenvalue weighted by atomic mass is 10.1. The van der Waals surface area contributed by atoms with Gasteiger partial charge in [-0.3, -0.25) is 15.6 Å². The van der Waals surface area contributed by atoms with Gasteiger partial charge in [-0.2, -0.15) is 0 Å². The zero-order valence-electron chi connectivity index (χ0n) is 14.3. The number of aromatic nitrogens is 1. The summed E-state index contributed by atoms with van der Waals surface area (Å²) in [5, 5.41) is 4.03. The van der Waals surface area contributed by atoms with Crippen molar-refractivity contribution in [1.29, 1.82) is 0 Å². The van der Waals surface area contributed by atoms with Gasteiger partial charge in [0.2, 0.25) is 0 Å². The fourth-order valence-corrected chi connectivity index (χ4v) is 2.61. The molecule has 0 aliphatic rings. The number of carbonyl (C=O) groups excluding carboxylic acids is 1. The standard InChI is InChI=1S/C18H18N4O3S/c1-24-12-5-3-11(4-6-12)20-18(26)22-21-17(23)15-10-19-16-9-13(25-2)7-8-14(15)16/h3-10,19H,1-2H3,(H,21,23)(H2,20,22,26). The van der Waals surface area contributed by atoms with Crippen molar-refractivity contribution >= 4 is 39.8 Å². The van der Waals surface area contributed by atoms with Gasteiger partial charge in [0.15, 0.2) is 5.11 Å². The molecule has 0 saturated heterocycles. The summed E-state index contributed by atoms with van der Waals surface area (Å²) < 4.78 is 10.3. The summed E-state index contributed by atoms with van der Waals surface area (Å²) in [6, 6.07) is 12.7. The molecule has 0 fully saturated rings. The highest BCUT2D eigenvalue weighted by Crippen LogP contribution is 2.23. The predicted molar refractivity (Wildman–Crippen MR) is 105 cm³/mol. The van der Waals surface area contributed by atoms with Crippen LogP contribution in [0.1, 0.15) is 10.4 Å². The summed E-state index contributed by atoms with van der Waals surface area (Å²) in [5.41, 5.74) is 7.36. The number of amides is 1. The van der Waals surface area contributed by atoms with Gasteiger partial charge >= 0.3 is 0 Å². The molecule has 0 saturated carbocycles. The third-order valence-electron chi connectivity index (χ3n) is 3.77. The molecule has 4 N–H and O–H groups in total. The van der Waals surface area contributed by atoms with Crippen LogP contribution in [0.4, 0.5) is 5.69 Å². The van der Waals surface area contributed by atoms with Crippen LogP contribution >= 0.6 is 12.2 Å². The van der Waals surface area contributed by atoms with Crippen LogP contribution in [0.25, 0.3) is 10.9 Å². The lowest BCUT2D eigenvalue weighted by Crippen LogP contribution is -2.43. The van der Waals surface area contributed by atoms with E-state index >= 15 is 0 Å². The Morgan fingerprint density at radius 3 is 2.38 bits per heavy atom. The van der Waals surface area contributed by atoms with Gasteiger partial charge in [0, 0.05) is 28.9 Å². The first-order chi connectivity index (χ1) is 12.6. The Bertz CT molecular complexity index is 937. The van der Waals surface area contributed by atoms with Gasteiger partial charge in [0.25, 0.3) is 5.91 Å². The summed E-state index contributed by atoms with van der Waals surface area (Å²) >= 11 is 5.18. The van der Waals surface area contributed by atoms with Crippen LogP contribution < -0.4 is 25.6 Å². The van der Waals surface area contributed by atoms with Crippen molar-refractivity contribution in [3.63, 3.8) is 0 Å². The number of hydrogen-bond donors (Lipinski definition) is 4. The second-order valence-electron chi connectivity index (χ2n) is 5.38. The van der Waals surface area contributed by atoms with Gasteiger partial charge < -0.3 is 19.8 Å². The number of hydrazine groups is 1. The Kier molecular flexibility index (Phi) is 5.23. The number of benzene rings is 2. The van der Waals surface area contributed by atoms with E-state index in [1.807, 2.05) is 36.4 Å². The average Bonchev–Trinajstić information content (AvgIpc) is 3.10. The van der Waals surface area contributed by atoms with Crippen LogP contribution in [0, 0.1) is 0 Å². The summed E-state index contributed by atoms with van der Waals surface area (Å²) in [7, 11) is 3.20. The molecule has 1 aromatic heterocycles. The van der Waals surface area contributed by atoms with Crippen molar-refractivity contribution in [2.45, 2.75) is 0 Å². The van der Waals surface area contributed by atoms with Crippen molar-refractivity contribution in [3.8, 4) is 11.5 Å². The van der Waals surface area contributed by atoms with Crippen LogP contribution in [0.15, 0.2) is 48.7 Å². The largest absolute Gasteiger partial charge is 0.497 e. The number of carbonyl (C=O) groups is 1. The topological polar surface area (TPSA) is 87.4 Å². The van der Waals surface area contributed by atoms with Crippen LogP contribution in [-0.4, -0.2) is 30.2 Å². The smallest absolute Gasteiger partial charge is 0.271 e. The number of anilines is 1. The molecule has 7 nitrogen and oxygen atoms in total. The molecule has 3 aromatic rings. The molecule has 8 heteroatoms. The van der Waals surface area contributed by atoms with E-state index in [1.54, 1.807) is 26.5 Å². The van der Waals surface area contributed by atoms with E-state index in [9.17, 15) is 4.79 Å². The van der Waals surface area contributed by atoms with Gasteiger partial charge in [0.05, 0.1) is 19.8 Å². The van der Waals surface area contributed by atoms with Gasteiger partial charge in [-0.1, -0.05) is 0 Å². The van der Waals surface area contributed by atoms with E-state index in [1.165, 1.54) is 0 Å². The van der Waals surface area contributed by atoms with E-state index in [-0.39, 0.29) is 11.0 Å². The number of H-pyrrole nitrogens is 1. The Balaban J connectivity index is 1.60. The minimum atomic E-state index is -0.305. The van der Waals surface area contributed by atoms with Crippen LogP contribution in [0.2, 0.25) is 0 Å². The monoisotopic (exact) mass is 370 g/mol. The van der Waals surface area contributed by atoms with Gasteiger partial charge in [-0.25, -0.2) is 0 Å². The first-order valence-corrected chi connectivity index (χ1v) is 8.18. The normalized spacial score (nSPS) is 10.2. The first-order valence-electron chi connectivity index (χ1n) is 7.77. The first kappa shape index (κ1) is 17.6. The molecule has 0 aliphatic heterocycles. The minimum Gasteiger partial charge on any atom is -0.497 e. The molecule has 3 rings (SSSR count). The number of rotatable bonds is 4. The average molecular weight is 370 g/mol. The van der Waals surface area contributed by atoms with E-state index < -0.39 is 0 Å². The molecule has 0 unspecified atom stereocenters. The summed E-state index contributed by atoms with van der Waals surface area (Å²) in [5.74, 6) is 1.16. The molecule has 1 heterocycles. The number of ether oxygens (including phenoxy) is 2.